The second kappa shape index (κ2) is 9.59. The molecule has 12 heteroatoms. The average Bonchev–Trinajstić information content (AvgIpc) is 3.24. The van der Waals surface area contributed by atoms with Crippen molar-refractivity contribution in [3.05, 3.63) is 65.3 Å². The molecule has 0 saturated carbocycles. The largest absolute Gasteiger partial charge is 0.471 e. The highest BCUT2D eigenvalue weighted by molar-refractivity contribution is 5.76. The molecule has 33 heavy (non-hydrogen) atoms. The van der Waals surface area contributed by atoms with Crippen LogP contribution in [0.15, 0.2) is 47.1 Å². The van der Waals surface area contributed by atoms with E-state index in [2.05, 4.69) is 25.0 Å². The van der Waals surface area contributed by atoms with Gasteiger partial charge in [0, 0.05) is 30.3 Å². The fraction of sp³-hybridized carbons (Fsp3) is 0.333. The van der Waals surface area contributed by atoms with Crippen molar-refractivity contribution in [1.82, 2.24) is 20.4 Å². The zero-order valence-electron chi connectivity index (χ0n) is 17.2. The maximum Gasteiger partial charge on any atom is 0.471 e. The number of nitrogens with one attached hydrogen (secondary N) is 1. The number of amides is 1. The Hall–Kier alpha value is -3.44. The van der Waals surface area contributed by atoms with Gasteiger partial charge in [0.2, 0.25) is 11.7 Å². The van der Waals surface area contributed by atoms with Crippen molar-refractivity contribution >= 4 is 5.91 Å². The maximum absolute atomic E-state index is 13.1. The third kappa shape index (κ3) is 6.30. The van der Waals surface area contributed by atoms with Gasteiger partial charge in [0.1, 0.15) is 0 Å². The zero-order chi connectivity index (χ0) is 24.2. The van der Waals surface area contributed by atoms with Gasteiger partial charge in [-0.05, 0) is 36.2 Å². The van der Waals surface area contributed by atoms with Gasteiger partial charge in [0.15, 0.2) is 0 Å². The van der Waals surface area contributed by atoms with E-state index in [-0.39, 0.29) is 35.7 Å². The van der Waals surface area contributed by atoms with Crippen LogP contribution >= 0.6 is 0 Å². The van der Waals surface area contributed by atoms with Crippen LogP contribution in [0.25, 0.3) is 11.4 Å². The maximum atomic E-state index is 13.1. The third-order valence-corrected chi connectivity index (χ3v) is 4.59. The topological polar surface area (TPSA) is 80.9 Å². The molecule has 0 bridgehead atoms. The van der Waals surface area contributed by atoms with Gasteiger partial charge in [0.25, 0.3) is 0 Å². The summed E-state index contributed by atoms with van der Waals surface area (Å²) in [6, 6.07) is 6.69. The predicted molar refractivity (Wildman–Crippen MR) is 103 cm³/mol. The van der Waals surface area contributed by atoms with Crippen molar-refractivity contribution in [3.63, 3.8) is 0 Å². The zero-order valence-corrected chi connectivity index (χ0v) is 17.2. The molecule has 0 aliphatic heterocycles. The molecule has 2 aromatic heterocycles. The lowest BCUT2D eigenvalue weighted by Crippen LogP contribution is -2.30. The second-order valence-electron chi connectivity index (χ2n) is 7.16. The number of pyridine rings is 1. The van der Waals surface area contributed by atoms with Crippen LogP contribution in [0.5, 0.6) is 0 Å². The lowest BCUT2D eigenvalue weighted by Gasteiger charge is -2.20. The Morgan fingerprint density at radius 2 is 1.85 bits per heavy atom. The van der Waals surface area contributed by atoms with Gasteiger partial charge in [-0.3, -0.25) is 9.78 Å². The Kier molecular flexibility index (Phi) is 7.04. The van der Waals surface area contributed by atoms with Crippen molar-refractivity contribution in [2.45, 2.75) is 44.6 Å². The van der Waals surface area contributed by atoms with E-state index in [4.69, 9.17) is 0 Å². The number of rotatable bonds is 7. The summed E-state index contributed by atoms with van der Waals surface area (Å²) >= 11 is 0. The highest BCUT2D eigenvalue weighted by atomic mass is 19.4. The van der Waals surface area contributed by atoms with Crippen LogP contribution in [0.1, 0.15) is 48.5 Å². The summed E-state index contributed by atoms with van der Waals surface area (Å²) < 4.78 is 81.5. The number of aromatic nitrogens is 3. The minimum Gasteiger partial charge on any atom is -0.349 e. The fourth-order valence-corrected chi connectivity index (χ4v) is 3.02. The van der Waals surface area contributed by atoms with Crippen LogP contribution in [0.4, 0.5) is 26.3 Å². The number of alkyl halides is 6. The summed E-state index contributed by atoms with van der Waals surface area (Å²) in [6.45, 7) is 1.79. The van der Waals surface area contributed by atoms with Crippen LogP contribution in [-0.2, 0) is 23.6 Å². The van der Waals surface area contributed by atoms with Gasteiger partial charge in [0.05, 0.1) is 11.6 Å². The molecule has 0 aliphatic rings. The van der Waals surface area contributed by atoms with Crippen LogP contribution in [-0.4, -0.2) is 21.0 Å². The molecule has 1 aromatic carbocycles. The molecule has 0 fully saturated rings. The Morgan fingerprint density at radius 3 is 2.42 bits per heavy atom. The van der Waals surface area contributed by atoms with Crippen LogP contribution in [0.3, 0.4) is 0 Å². The first-order chi connectivity index (χ1) is 15.5. The van der Waals surface area contributed by atoms with Gasteiger partial charge in [-0.1, -0.05) is 24.2 Å². The first kappa shape index (κ1) is 24.2. The normalized spacial score (nSPS) is 13.1. The molecule has 0 spiro atoms. The Morgan fingerprint density at radius 1 is 1.09 bits per heavy atom. The van der Waals surface area contributed by atoms with Gasteiger partial charge in [-0.15, -0.1) is 0 Å². The molecule has 3 aromatic rings. The molecule has 3 rings (SSSR count). The standard InChI is InChI=1S/C21H18F6N4O2/c1-2-4-17(32)29-16(12-5-3-6-14(9-12)20(22,23)24)10-15-8-7-13(11-28-15)18-30-19(33-31-18)21(25,26)27/h3,5-9,11,16H,2,4,10H2,1H3,(H,29,32). The number of halogens is 6. The number of carbonyl (C=O) groups is 1. The van der Waals surface area contributed by atoms with Gasteiger partial charge < -0.3 is 9.84 Å². The van der Waals surface area contributed by atoms with Crippen LogP contribution in [0, 0.1) is 0 Å². The number of benzene rings is 1. The molecular weight excluding hydrogens is 454 g/mol. The Bertz CT molecular complexity index is 1090. The lowest BCUT2D eigenvalue weighted by molar-refractivity contribution is -0.159. The first-order valence-corrected chi connectivity index (χ1v) is 9.80. The molecule has 1 N–H and O–H groups in total. The lowest BCUT2D eigenvalue weighted by atomic mass is 9.98. The van der Waals surface area contributed by atoms with E-state index >= 15 is 0 Å². The number of hydrogen-bond donors (Lipinski definition) is 1. The monoisotopic (exact) mass is 472 g/mol. The summed E-state index contributed by atoms with van der Waals surface area (Å²) in [5.41, 5.74) is -0.0649. The van der Waals surface area contributed by atoms with E-state index in [1.165, 1.54) is 30.5 Å². The fourth-order valence-electron chi connectivity index (χ4n) is 3.02. The highest BCUT2D eigenvalue weighted by Gasteiger charge is 2.38. The SMILES string of the molecule is CCCC(=O)NC(Cc1ccc(-c2noc(C(F)(F)F)n2)cn1)c1cccc(C(F)(F)F)c1. The quantitative estimate of drug-likeness (QED) is 0.468. The minimum absolute atomic E-state index is 0.0527. The van der Waals surface area contributed by atoms with E-state index in [0.717, 1.165) is 12.1 Å². The van der Waals surface area contributed by atoms with E-state index in [1.54, 1.807) is 6.92 Å². The molecule has 0 aliphatic carbocycles. The molecule has 0 saturated heterocycles. The van der Waals surface area contributed by atoms with Crippen molar-refractivity contribution in [2.24, 2.45) is 0 Å². The van der Waals surface area contributed by atoms with E-state index in [1.807, 2.05) is 0 Å². The van der Waals surface area contributed by atoms with E-state index < -0.39 is 29.8 Å². The number of hydrogen-bond acceptors (Lipinski definition) is 5. The molecule has 1 amide bonds. The molecule has 0 radical (unpaired) electrons. The highest BCUT2D eigenvalue weighted by Crippen LogP contribution is 2.32. The van der Waals surface area contributed by atoms with E-state index in [9.17, 15) is 31.1 Å². The van der Waals surface area contributed by atoms with Crippen LogP contribution < -0.4 is 5.32 Å². The summed E-state index contributed by atoms with van der Waals surface area (Å²) in [5, 5.41) is 5.99. The van der Waals surface area contributed by atoms with Crippen molar-refractivity contribution in [3.8, 4) is 11.4 Å². The first-order valence-electron chi connectivity index (χ1n) is 9.80. The predicted octanol–water partition coefficient (Wildman–Crippen LogP) is 5.37. The Labute approximate surface area is 184 Å². The number of nitrogens with zero attached hydrogens (tertiary/aromatic N) is 3. The molecule has 1 unspecified atom stereocenters. The minimum atomic E-state index is -4.78. The summed E-state index contributed by atoms with van der Waals surface area (Å²) in [4.78, 5) is 19.6. The van der Waals surface area contributed by atoms with Crippen LogP contribution in [0.2, 0.25) is 0 Å². The second-order valence-corrected chi connectivity index (χ2v) is 7.16. The van der Waals surface area contributed by atoms with Crippen molar-refractivity contribution in [2.75, 3.05) is 0 Å². The molecular formula is C21H18F6N4O2. The molecule has 176 valence electrons. The summed E-state index contributed by atoms with van der Waals surface area (Å²) in [7, 11) is 0. The molecule has 1 atom stereocenters. The number of carbonyl (C=O) groups excluding carboxylic acids is 1. The molecule has 2 heterocycles. The van der Waals surface area contributed by atoms with Gasteiger partial charge >= 0.3 is 18.2 Å². The third-order valence-electron chi connectivity index (χ3n) is 4.59. The summed E-state index contributed by atoms with van der Waals surface area (Å²) in [6.07, 6.45) is -7.31. The van der Waals surface area contributed by atoms with Gasteiger partial charge in [-0.2, -0.15) is 31.3 Å². The van der Waals surface area contributed by atoms with Gasteiger partial charge in [-0.25, -0.2) is 0 Å². The smallest absolute Gasteiger partial charge is 0.349 e. The van der Waals surface area contributed by atoms with Crippen molar-refractivity contribution < 1.29 is 35.7 Å². The summed E-state index contributed by atoms with van der Waals surface area (Å²) in [5.74, 6) is -2.14. The Balaban J connectivity index is 1.84. The van der Waals surface area contributed by atoms with E-state index in [0.29, 0.717) is 12.1 Å². The average molecular weight is 472 g/mol. The molecule has 6 nitrogen and oxygen atoms in total. The van der Waals surface area contributed by atoms with Crippen molar-refractivity contribution in [1.29, 1.82) is 0 Å².